The zero-order chi connectivity index (χ0) is 23.8. The van der Waals surface area contributed by atoms with E-state index in [4.69, 9.17) is 4.98 Å². The largest absolute Gasteiger partial charge is 0.388 e. The van der Waals surface area contributed by atoms with E-state index < -0.39 is 5.60 Å². The minimum atomic E-state index is -0.637. The summed E-state index contributed by atoms with van der Waals surface area (Å²) in [6.45, 7) is 0.584. The maximum atomic E-state index is 11.0. The molecule has 2 N–H and O–H groups in total. The molecule has 2 aliphatic rings. The summed E-state index contributed by atoms with van der Waals surface area (Å²) >= 11 is 0. The molecule has 2 fully saturated rings. The van der Waals surface area contributed by atoms with E-state index in [0.29, 0.717) is 23.8 Å². The summed E-state index contributed by atoms with van der Waals surface area (Å²) in [4.78, 5) is 13.9. The monoisotopic (exact) mass is 464 g/mol. The first-order valence-corrected chi connectivity index (χ1v) is 12.4. The fraction of sp³-hybridized carbons (Fsp3) is 0.357. The number of aromatic nitrogens is 4. The molecule has 3 aromatic heterocycles. The van der Waals surface area contributed by atoms with Gasteiger partial charge in [0.25, 0.3) is 0 Å². The highest BCUT2D eigenvalue weighted by Gasteiger charge is 2.30. The number of imidazole rings is 1. The van der Waals surface area contributed by atoms with E-state index in [1.165, 1.54) is 24.8 Å². The van der Waals surface area contributed by atoms with Crippen molar-refractivity contribution in [1.29, 1.82) is 5.26 Å². The van der Waals surface area contributed by atoms with Gasteiger partial charge >= 0.3 is 0 Å². The van der Waals surface area contributed by atoms with E-state index in [0.717, 1.165) is 53.8 Å². The standard InChI is InChI=1S/C28H28N6O/c29-16-19-8-11-30-26(12-19)33-27-15-22(20-4-5-20)14-23(32-27)21-6-7-25-24(13-21)31-18-34(25)17-28(35)9-2-1-3-10-28/h6-8,11-15,18,20,35H,1-5,9-10,17H2,(H,30,32,33). The van der Waals surface area contributed by atoms with Crippen molar-refractivity contribution >= 4 is 22.7 Å². The summed E-state index contributed by atoms with van der Waals surface area (Å²) in [7, 11) is 0. The number of pyridine rings is 2. The van der Waals surface area contributed by atoms with Crippen molar-refractivity contribution in [2.24, 2.45) is 0 Å². The van der Waals surface area contributed by atoms with Crippen molar-refractivity contribution in [3.63, 3.8) is 0 Å². The summed E-state index contributed by atoms with van der Waals surface area (Å²) < 4.78 is 2.08. The van der Waals surface area contributed by atoms with Crippen LogP contribution >= 0.6 is 0 Å². The minimum Gasteiger partial charge on any atom is -0.388 e. The smallest absolute Gasteiger partial charge is 0.132 e. The zero-order valence-electron chi connectivity index (χ0n) is 19.6. The maximum absolute atomic E-state index is 11.0. The Morgan fingerprint density at radius 3 is 2.69 bits per heavy atom. The highest BCUT2D eigenvalue weighted by Crippen LogP contribution is 2.42. The molecule has 2 saturated carbocycles. The number of rotatable bonds is 6. The Kier molecular flexibility index (Phi) is 5.46. The molecule has 7 heteroatoms. The Bertz CT molecular complexity index is 1430. The Balaban J connectivity index is 1.32. The fourth-order valence-electron chi connectivity index (χ4n) is 5.15. The van der Waals surface area contributed by atoms with Crippen LogP contribution in [0.1, 0.15) is 62.0 Å². The van der Waals surface area contributed by atoms with Crippen LogP contribution < -0.4 is 5.32 Å². The molecule has 2 aliphatic carbocycles. The Morgan fingerprint density at radius 1 is 1.03 bits per heavy atom. The zero-order valence-corrected chi connectivity index (χ0v) is 19.6. The highest BCUT2D eigenvalue weighted by molar-refractivity contribution is 5.82. The van der Waals surface area contributed by atoms with Gasteiger partial charge in [-0.05, 0) is 73.6 Å². The first kappa shape index (κ1) is 21.8. The molecule has 6 rings (SSSR count). The number of nitrogens with one attached hydrogen (secondary N) is 1. The van der Waals surface area contributed by atoms with E-state index in [1.54, 1.807) is 18.3 Å². The molecule has 176 valence electrons. The van der Waals surface area contributed by atoms with Crippen LogP contribution in [-0.4, -0.2) is 30.2 Å². The molecular formula is C28H28N6O. The SMILES string of the molecule is N#Cc1ccnc(Nc2cc(C3CC3)cc(-c3ccc4c(c3)ncn4CC3(O)CCCCC3)n2)c1. The van der Waals surface area contributed by atoms with Crippen LogP contribution in [0, 0.1) is 11.3 Å². The molecule has 1 aromatic carbocycles. The molecule has 0 bridgehead atoms. The molecule has 35 heavy (non-hydrogen) atoms. The molecule has 0 amide bonds. The Morgan fingerprint density at radius 2 is 1.89 bits per heavy atom. The van der Waals surface area contributed by atoms with Gasteiger partial charge < -0.3 is 15.0 Å². The average molecular weight is 465 g/mol. The summed E-state index contributed by atoms with van der Waals surface area (Å²) in [6, 6.07) is 16.1. The van der Waals surface area contributed by atoms with Gasteiger partial charge in [0, 0.05) is 11.8 Å². The van der Waals surface area contributed by atoms with Crippen molar-refractivity contribution < 1.29 is 5.11 Å². The van der Waals surface area contributed by atoms with Crippen molar-refractivity contribution in [3.8, 4) is 17.3 Å². The molecule has 0 spiro atoms. The third-order valence-corrected chi connectivity index (χ3v) is 7.21. The van der Waals surface area contributed by atoms with Gasteiger partial charge in [0.2, 0.25) is 0 Å². The third-order valence-electron chi connectivity index (χ3n) is 7.21. The van der Waals surface area contributed by atoms with E-state index in [-0.39, 0.29) is 0 Å². The Labute approximate surface area is 204 Å². The molecule has 0 aliphatic heterocycles. The van der Waals surface area contributed by atoms with Crippen molar-refractivity contribution in [2.75, 3.05) is 5.32 Å². The first-order valence-electron chi connectivity index (χ1n) is 12.4. The molecule has 0 unspecified atom stereocenters. The van der Waals surface area contributed by atoms with Gasteiger partial charge in [-0.25, -0.2) is 15.0 Å². The molecule has 7 nitrogen and oxygen atoms in total. The maximum Gasteiger partial charge on any atom is 0.132 e. The lowest BCUT2D eigenvalue weighted by atomic mass is 9.85. The van der Waals surface area contributed by atoms with Crippen molar-refractivity contribution in [2.45, 2.75) is 63.0 Å². The van der Waals surface area contributed by atoms with Crippen molar-refractivity contribution in [1.82, 2.24) is 19.5 Å². The molecule has 0 atom stereocenters. The van der Waals surface area contributed by atoms with Crippen LogP contribution in [0.15, 0.2) is 55.0 Å². The van der Waals surface area contributed by atoms with Crippen LogP contribution in [0.25, 0.3) is 22.3 Å². The predicted octanol–water partition coefficient (Wildman–Crippen LogP) is 5.68. The number of nitrogens with zero attached hydrogens (tertiary/aromatic N) is 5. The quantitative estimate of drug-likeness (QED) is 0.381. The van der Waals surface area contributed by atoms with E-state index in [9.17, 15) is 10.4 Å². The number of hydrogen-bond donors (Lipinski definition) is 2. The average Bonchev–Trinajstić information content (AvgIpc) is 3.66. The van der Waals surface area contributed by atoms with Gasteiger partial charge in [-0.3, -0.25) is 0 Å². The van der Waals surface area contributed by atoms with Gasteiger partial charge in [0.1, 0.15) is 11.6 Å². The lowest BCUT2D eigenvalue weighted by Crippen LogP contribution is -2.36. The molecule has 0 saturated heterocycles. The summed E-state index contributed by atoms with van der Waals surface area (Å²) in [6.07, 6.45) is 10.9. The second-order valence-electron chi connectivity index (χ2n) is 9.97. The van der Waals surface area contributed by atoms with Gasteiger partial charge in [0.05, 0.1) is 46.8 Å². The number of fused-ring (bicyclic) bond motifs is 1. The second kappa shape index (κ2) is 8.79. The molecule has 4 aromatic rings. The normalized spacial score (nSPS) is 17.3. The molecule has 3 heterocycles. The van der Waals surface area contributed by atoms with Crippen LogP contribution in [-0.2, 0) is 6.54 Å². The van der Waals surface area contributed by atoms with Gasteiger partial charge in [-0.2, -0.15) is 5.26 Å². The fourth-order valence-corrected chi connectivity index (χ4v) is 5.15. The Hall–Kier alpha value is -3.76. The summed E-state index contributed by atoms with van der Waals surface area (Å²) in [5.41, 5.74) is 5.00. The number of anilines is 2. The van der Waals surface area contributed by atoms with Crippen molar-refractivity contribution in [3.05, 3.63) is 66.1 Å². The van der Waals surface area contributed by atoms with E-state index >= 15 is 0 Å². The lowest BCUT2D eigenvalue weighted by Gasteiger charge is -2.32. The topological polar surface area (TPSA) is 99.7 Å². The van der Waals surface area contributed by atoms with Gasteiger partial charge in [0.15, 0.2) is 0 Å². The molecular weight excluding hydrogens is 436 g/mol. The predicted molar refractivity (Wildman–Crippen MR) is 135 cm³/mol. The number of benzene rings is 1. The van der Waals surface area contributed by atoms with Gasteiger partial charge in [-0.15, -0.1) is 0 Å². The summed E-state index contributed by atoms with van der Waals surface area (Å²) in [5, 5.41) is 23.5. The van der Waals surface area contributed by atoms with Crippen LogP contribution in [0.2, 0.25) is 0 Å². The van der Waals surface area contributed by atoms with Crippen LogP contribution in [0.3, 0.4) is 0 Å². The van der Waals surface area contributed by atoms with E-state index in [2.05, 4.69) is 56.3 Å². The van der Waals surface area contributed by atoms with Crippen LogP contribution in [0.5, 0.6) is 0 Å². The third kappa shape index (κ3) is 4.62. The lowest BCUT2D eigenvalue weighted by molar-refractivity contribution is -0.0105. The van der Waals surface area contributed by atoms with Gasteiger partial charge in [-0.1, -0.05) is 25.3 Å². The second-order valence-corrected chi connectivity index (χ2v) is 9.97. The number of hydrogen-bond acceptors (Lipinski definition) is 6. The summed E-state index contributed by atoms with van der Waals surface area (Å²) in [5.74, 6) is 1.89. The number of nitriles is 1. The number of aliphatic hydroxyl groups is 1. The first-order chi connectivity index (χ1) is 17.1. The van der Waals surface area contributed by atoms with Crippen LogP contribution in [0.4, 0.5) is 11.6 Å². The van der Waals surface area contributed by atoms with E-state index in [1.807, 2.05) is 6.33 Å². The minimum absolute atomic E-state index is 0.556. The highest BCUT2D eigenvalue weighted by atomic mass is 16.3. The molecule has 0 radical (unpaired) electrons.